The van der Waals surface area contributed by atoms with E-state index in [9.17, 15) is 9.59 Å². The maximum atomic E-state index is 10.4. The molecule has 0 aliphatic carbocycles. The zero-order chi connectivity index (χ0) is 7.98. The Labute approximate surface area is 89.6 Å². The minimum Gasteiger partial charge on any atom is -1.00 e. The van der Waals surface area contributed by atoms with Gasteiger partial charge in [0.1, 0.15) is 12.4 Å². The summed E-state index contributed by atoms with van der Waals surface area (Å²) in [4.78, 5) is 20.3. The van der Waals surface area contributed by atoms with Crippen LogP contribution in [0.25, 0.3) is 0 Å². The molecule has 0 saturated carbocycles. The van der Waals surface area contributed by atoms with Gasteiger partial charge in [-0.1, -0.05) is 6.58 Å². The predicted molar refractivity (Wildman–Crippen MR) is 37.5 cm³/mol. The van der Waals surface area contributed by atoms with Crippen molar-refractivity contribution < 1.29 is 45.3 Å². The van der Waals surface area contributed by atoms with E-state index >= 15 is 0 Å². The predicted octanol–water partition coefficient (Wildman–Crippen LogP) is -2.19. The van der Waals surface area contributed by atoms with Crippen molar-refractivity contribution in [3.05, 3.63) is 12.7 Å². The smallest absolute Gasteiger partial charge is 1.00 e. The molecule has 0 bridgehead atoms. The Bertz CT molecular complexity index is 150. The van der Waals surface area contributed by atoms with Crippen molar-refractivity contribution in [1.82, 2.24) is 0 Å². The van der Waals surface area contributed by atoms with E-state index in [-0.39, 0.29) is 43.5 Å². The monoisotopic (exact) mass is 166 g/mol. The van der Waals surface area contributed by atoms with Gasteiger partial charge in [0.25, 0.3) is 0 Å². The van der Waals surface area contributed by atoms with Gasteiger partial charge in [-0.15, -0.1) is 0 Å². The van der Waals surface area contributed by atoms with Gasteiger partial charge in [-0.25, -0.2) is 4.79 Å². The van der Waals surface area contributed by atoms with Crippen LogP contribution in [0.4, 0.5) is 0 Å². The van der Waals surface area contributed by atoms with Crippen LogP contribution in [0.5, 0.6) is 0 Å². The third-order valence-corrected chi connectivity index (χ3v) is 0.912. The van der Waals surface area contributed by atoms with E-state index in [1.165, 1.54) is 0 Å². The fourth-order valence-electron chi connectivity index (χ4n) is 0.430. The molecule has 11 heavy (non-hydrogen) atoms. The Balaban J connectivity index is -0.000000405. The summed E-state index contributed by atoms with van der Waals surface area (Å²) in [6.45, 7) is 4.86. The first-order valence-electron chi connectivity index (χ1n) is 2.97. The molecule has 0 aliphatic heterocycles. The molecule has 0 rings (SSSR count). The van der Waals surface area contributed by atoms with Crippen molar-refractivity contribution in [3.8, 4) is 0 Å². The fourth-order valence-corrected chi connectivity index (χ4v) is 0.430. The molecular formula is C7H11NaO3. The van der Waals surface area contributed by atoms with Crippen molar-refractivity contribution in [2.24, 2.45) is 0 Å². The van der Waals surface area contributed by atoms with Crippen LogP contribution in [-0.4, -0.2) is 18.4 Å². The molecule has 0 aromatic rings. The van der Waals surface area contributed by atoms with Crippen molar-refractivity contribution in [2.45, 2.75) is 19.4 Å². The quantitative estimate of drug-likeness (QED) is 0.206. The molecule has 0 aromatic heterocycles. The minimum atomic E-state index is -0.491. The van der Waals surface area contributed by atoms with Gasteiger partial charge in [-0.3, -0.25) is 0 Å². The summed E-state index contributed by atoms with van der Waals surface area (Å²) in [6.07, 6.45) is 1.67. The van der Waals surface area contributed by atoms with Crippen LogP contribution in [-0.2, 0) is 14.3 Å². The maximum absolute atomic E-state index is 10.4. The summed E-state index contributed by atoms with van der Waals surface area (Å²) < 4.78 is 4.65. The molecule has 1 atom stereocenters. The van der Waals surface area contributed by atoms with E-state index < -0.39 is 5.97 Å². The molecule has 0 fully saturated rings. The van der Waals surface area contributed by atoms with E-state index in [0.717, 1.165) is 6.08 Å². The molecule has 0 N–H and O–H groups in total. The summed E-state index contributed by atoms with van der Waals surface area (Å²) in [5.41, 5.74) is 0. The van der Waals surface area contributed by atoms with Gasteiger partial charge < -0.3 is 11.0 Å². The molecule has 3 nitrogen and oxygen atoms in total. The fraction of sp³-hybridized carbons (Fsp3) is 0.429. The summed E-state index contributed by atoms with van der Waals surface area (Å²) in [5, 5.41) is 0. The SMILES string of the molecule is C=CC(=O)OC(C)CC=O.[H-].[Na+]. The zero-order valence-corrected chi connectivity index (χ0v) is 8.87. The summed E-state index contributed by atoms with van der Waals surface area (Å²) >= 11 is 0. The van der Waals surface area contributed by atoms with Crippen molar-refractivity contribution in [2.75, 3.05) is 0 Å². The molecule has 0 saturated heterocycles. The van der Waals surface area contributed by atoms with E-state index in [0.29, 0.717) is 6.29 Å². The van der Waals surface area contributed by atoms with Gasteiger partial charge in [-0.05, 0) is 6.92 Å². The molecule has 0 aromatic carbocycles. The first-order chi connectivity index (χ1) is 4.70. The van der Waals surface area contributed by atoms with E-state index in [2.05, 4.69) is 11.3 Å². The van der Waals surface area contributed by atoms with Gasteiger partial charge in [0, 0.05) is 12.5 Å². The molecule has 0 heterocycles. The van der Waals surface area contributed by atoms with Gasteiger partial charge in [0.15, 0.2) is 0 Å². The minimum absolute atomic E-state index is 0. The standard InChI is InChI=1S/C7H10O3.Na.H/c1-3-7(9)10-6(2)4-5-8;;/h3,5-6H,1,4H2,2H3;;/q;+1;-1. The average Bonchev–Trinajstić information content (AvgIpc) is 1.88. The number of rotatable bonds is 4. The van der Waals surface area contributed by atoms with Gasteiger partial charge in [-0.2, -0.15) is 0 Å². The van der Waals surface area contributed by atoms with Crippen LogP contribution in [0.2, 0.25) is 0 Å². The van der Waals surface area contributed by atoms with Crippen LogP contribution in [0.1, 0.15) is 14.8 Å². The van der Waals surface area contributed by atoms with E-state index in [1.807, 2.05) is 0 Å². The van der Waals surface area contributed by atoms with Crippen LogP contribution < -0.4 is 29.6 Å². The van der Waals surface area contributed by atoms with Crippen molar-refractivity contribution >= 4 is 12.3 Å². The first-order valence-corrected chi connectivity index (χ1v) is 2.97. The molecule has 0 spiro atoms. The van der Waals surface area contributed by atoms with Crippen LogP contribution in [0.15, 0.2) is 12.7 Å². The number of esters is 1. The van der Waals surface area contributed by atoms with Crippen molar-refractivity contribution in [1.29, 1.82) is 0 Å². The first kappa shape index (κ1) is 13.5. The van der Waals surface area contributed by atoms with Crippen LogP contribution >= 0.6 is 0 Å². The number of hydrogen-bond acceptors (Lipinski definition) is 3. The summed E-state index contributed by atoms with van der Waals surface area (Å²) in [5.74, 6) is -0.491. The maximum Gasteiger partial charge on any atom is 1.00 e. The van der Waals surface area contributed by atoms with Gasteiger partial charge in [0.05, 0.1) is 0 Å². The van der Waals surface area contributed by atoms with E-state index in [4.69, 9.17) is 0 Å². The third kappa shape index (κ3) is 7.78. The number of carbonyl (C=O) groups excluding carboxylic acids is 2. The van der Waals surface area contributed by atoms with Crippen LogP contribution in [0, 0.1) is 0 Å². The Hall–Kier alpha value is -0.120. The molecular weight excluding hydrogens is 155 g/mol. The van der Waals surface area contributed by atoms with Crippen LogP contribution in [0.3, 0.4) is 0 Å². The second-order valence-corrected chi connectivity index (χ2v) is 1.85. The summed E-state index contributed by atoms with van der Waals surface area (Å²) in [7, 11) is 0. The Morgan fingerprint density at radius 3 is 2.73 bits per heavy atom. The summed E-state index contributed by atoms with van der Waals surface area (Å²) in [6, 6.07) is 0. The van der Waals surface area contributed by atoms with Gasteiger partial charge >= 0.3 is 35.5 Å². The molecule has 58 valence electrons. The second kappa shape index (κ2) is 7.98. The molecule has 0 amide bonds. The Kier molecular flexibility index (Phi) is 9.77. The second-order valence-electron chi connectivity index (χ2n) is 1.85. The van der Waals surface area contributed by atoms with E-state index in [1.54, 1.807) is 6.92 Å². The topological polar surface area (TPSA) is 43.4 Å². The number of ether oxygens (including phenoxy) is 1. The molecule has 0 radical (unpaired) electrons. The number of aldehydes is 1. The molecule has 0 aliphatic rings. The molecule has 1 unspecified atom stereocenters. The average molecular weight is 166 g/mol. The zero-order valence-electron chi connectivity index (χ0n) is 7.87. The Morgan fingerprint density at radius 1 is 1.82 bits per heavy atom. The van der Waals surface area contributed by atoms with Gasteiger partial charge in [0.2, 0.25) is 0 Å². The largest absolute Gasteiger partial charge is 1.00 e. The number of hydrogen-bond donors (Lipinski definition) is 0. The Morgan fingerprint density at radius 2 is 2.36 bits per heavy atom. The molecule has 4 heteroatoms. The number of carbonyl (C=O) groups is 2. The normalized spacial score (nSPS) is 10.6. The van der Waals surface area contributed by atoms with Crippen molar-refractivity contribution in [3.63, 3.8) is 0 Å². The third-order valence-electron chi connectivity index (χ3n) is 0.912.